The van der Waals surface area contributed by atoms with Crippen LogP contribution in [0.1, 0.15) is 46.1 Å². The maximum Gasteiger partial charge on any atom is 0.270 e. The van der Waals surface area contributed by atoms with Gasteiger partial charge in [-0.25, -0.2) is 9.37 Å². The molecular weight excluding hydrogens is 419 g/mol. The number of hydrogen-bond donors (Lipinski definition) is 3. The fourth-order valence-corrected chi connectivity index (χ4v) is 5.36. The van der Waals surface area contributed by atoms with Gasteiger partial charge in [0.15, 0.2) is 5.13 Å². The van der Waals surface area contributed by atoms with Crippen LogP contribution in [-0.2, 0) is 17.7 Å². The highest BCUT2D eigenvalue weighted by Gasteiger charge is 2.27. The van der Waals surface area contributed by atoms with Crippen LogP contribution in [0.5, 0.6) is 0 Å². The first-order valence-corrected chi connectivity index (χ1v) is 11.4. The predicted molar refractivity (Wildman–Crippen MR) is 117 cm³/mol. The lowest BCUT2D eigenvalue weighted by atomic mass is 10.0. The topological polar surface area (TPSA) is 90.5 Å². The fraction of sp³-hybridized carbons (Fsp3) is 0.455. The molecule has 9 heteroatoms. The van der Waals surface area contributed by atoms with Gasteiger partial charge in [-0.2, -0.15) is 0 Å². The summed E-state index contributed by atoms with van der Waals surface area (Å²) in [6.45, 7) is 5.09. The van der Waals surface area contributed by atoms with Gasteiger partial charge in [-0.05, 0) is 31.5 Å². The van der Waals surface area contributed by atoms with E-state index in [1.165, 1.54) is 13.0 Å². The third kappa shape index (κ3) is 3.93. The number of benzene rings is 1. The summed E-state index contributed by atoms with van der Waals surface area (Å²) in [6.07, 6.45) is 0.824. The van der Waals surface area contributed by atoms with Crippen LogP contribution in [0.3, 0.4) is 0 Å². The number of aliphatic hydroxyl groups excluding tert-OH is 1. The number of hydrogen-bond acceptors (Lipinski definition) is 6. The normalized spacial score (nSPS) is 19.6. The number of rotatable bonds is 5. The van der Waals surface area contributed by atoms with Crippen molar-refractivity contribution >= 4 is 33.3 Å². The second kappa shape index (κ2) is 8.22. The number of anilines is 1. The van der Waals surface area contributed by atoms with E-state index in [4.69, 9.17) is 9.72 Å². The number of carbonyl (C=O) groups excluding carboxylic acids is 1. The van der Waals surface area contributed by atoms with Gasteiger partial charge in [-0.1, -0.05) is 11.3 Å². The van der Waals surface area contributed by atoms with E-state index in [1.807, 2.05) is 0 Å². The van der Waals surface area contributed by atoms with E-state index in [0.717, 1.165) is 41.9 Å². The summed E-state index contributed by atoms with van der Waals surface area (Å²) >= 11 is 1.60. The Labute approximate surface area is 183 Å². The first-order valence-electron chi connectivity index (χ1n) is 10.6. The van der Waals surface area contributed by atoms with Crippen molar-refractivity contribution in [2.75, 3.05) is 31.6 Å². The molecule has 0 saturated carbocycles. The van der Waals surface area contributed by atoms with Crippen molar-refractivity contribution in [1.29, 1.82) is 0 Å². The van der Waals surface area contributed by atoms with Crippen molar-refractivity contribution in [3.05, 3.63) is 45.8 Å². The van der Waals surface area contributed by atoms with Crippen LogP contribution in [0, 0.1) is 11.7 Å². The number of thiazole rings is 1. The second-order valence-corrected chi connectivity index (χ2v) is 9.34. The van der Waals surface area contributed by atoms with Crippen molar-refractivity contribution < 1.29 is 19.0 Å². The summed E-state index contributed by atoms with van der Waals surface area (Å²) in [5.41, 5.74) is 2.29. The van der Waals surface area contributed by atoms with Gasteiger partial charge in [-0.15, -0.1) is 0 Å². The molecule has 0 spiro atoms. The lowest BCUT2D eigenvalue weighted by Crippen LogP contribution is -2.35. The second-order valence-electron chi connectivity index (χ2n) is 8.26. The molecule has 4 heterocycles. The highest BCUT2D eigenvalue weighted by molar-refractivity contribution is 7.15. The fourth-order valence-electron chi connectivity index (χ4n) is 4.33. The summed E-state index contributed by atoms with van der Waals surface area (Å²) in [4.78, 5) is 23.8. The number of nitrogens with one attached hydrogen (secondary N) is 2. The number of fused-ring (bicyclic) bond motifs is 2. The standard InChI is InChI=1S/C22H25FN4O3S/c1-12(28)20-14-8-18(25-16(14)3-2-15(20)23)21(29)27-6-4-17-19(10-27)31-22(26-17)24-9-13-5-7-30-11-13/h2-3,8,12-13,25,28H,4-7,9-11H2,1H3,(H,24,26). The number of carbonyl (C=O) groups is 1. The Balaban J connectivity index is 1.32. The maximum atomic E-state index is 14.2. The number of ether oxygens (including phenoxy) is 1. The quantitative estimate of drug-likeness (QED) is 0.561. The molecule has 1 aromatic carbocycles. The molecule has 1 saturated heterocycles. The summed E-state index contributed by atoms with van der Waals surface area (Å²) in [5, 5.41) is 14.8. The Morgan fingerprint density at radius 2 is 2.39 bits per heavy atom. The number of aromatic amines is 1. The van der Waals surface area contributed by atoms with E-state index in [9.17, 15) is 14.3 Å². The van der Waals surface area contributed by atoms with Crippen molar-refractivity contribution in [2.24, 2.45) is 5.92 Å². The van der Waals surface area contributed by atoms with Crippen molar-refractivity contribution in [3.63, 3.8) is 0 Å². The van der Waals surface area contributed by atoms with E-state index >= 15 is 0 Å². The molecule has 1 fully saturated rings. The molecule has 2 aliphatic rings. The lowest BCUT2D eigenvalue weighted by Gasteiger charge is -2.25. The molecule has 5 rings (SSSR count). The number of nitrogens with zero attached hydrogens (tertiary/aromatic N) is 2. The molecule has 0 aliphatic carbocycles. The Morgan fingerprint density at radius 1 is 1.52 bits per heavy atom. The third-order valence-corrected chi connectivity index (χ3v) is 7.06. The lowest BCUT2D eigenvalue weighted by molar-refractivity contribution is 0.0731. The molecular formula is C22H25FN4O3S. The summed E-state index contributed by atoms with van der Waals surface area (Å²) in [5.74, 6) is -0.0841. The van der Waals surface area contributed by atoms with Gasteiger partial charge < -0.3 is 25.0 Å². The van der Waals surface area contributed by atoms with Gasteiger partial charge in [0.25, 0.3) is 5.91 Å². The maximum absolute atomic E-state index is 14.2. The smallest absolute Gasteiger partial charge is 0.270 e. The number of amides is 1. The minimum Gasteiger partial charge on any atom is -0.389 e. The monoisotopic (exact) mass is 444 g/mol. The third-order valence-electron chi connectivity index (χ3n) is 6.02. The van der Waals surface area contributed by atoms with Crippen molar-refractivity contribution in [3.8, 4) is 0 Å². The van der Waals surface area contributed by atoms with Gasteiger partial charge in [0.2, 0.25) is 0 Å². The molecule has 0 bridgehead atoms. The van der Waals surface area contributed by atoms with E-state index in [-0.39, 0.29) is 11.5 Å². The van der Waals surface area contributed by atoms with Gasteiger partial charge in [-0.3, -0.25) is 4.79 Å². The number of halogens is 1. The highest BCUT2D eigenvalue weighted by atomic mass is 32.1. The van der Waals surface area contributed by atoms with Crippen LogP contribution in [0.25, 0.3) is 10.9 Å². The van der Waals surface area contributed by atoms with Gasteiger partial charge in [0.1, 0.15) is 11.5 Å². The summed E-state index contributed by atoms with van der Waals surface area (Å²) < 4.78 is 19.6. The minimum absolute atomic E-state index is 0.134. The molecule has 1 amide bonds. The van der Waals surface area contributed by atoms with E-state index in [2.05, 4.69) is 10.3 Å². The molecule has 2 aliphatic heterocycles. The molecule has 0 radical (unpaired) electrons. The average Bonchev–Trinajstić information content (AvgIpc) is 3.49. The summed E-state index contributed by atoms with van der Waals surface area (Å²) in [6, 6.07) is 4.55. The first-order chi connectivity index (χ1) is 15.0. The molecule has 31 heavy (non-hydrogen) atoms. The number of aromatic nitrogens is 2. The average molecular weight is 445 g/mol. The molecule has 2 atom stereocenters. The van der Waals surface area contributed by atoms with Crippen LogP contribution < -0.4 is 5.32 Å². The van der Waals surface area contributed by atoms with Crippen LogP contribution in [0.15, 0.2) is 18.2 Å². The molecule has 164 valence electrons. The molecule has 3 N–H and O–H groups in total. The molecule has 2 unspecified atom stereocenters. The van der Waals surface area contributed by atoms with Crippen molar-refractivity contribution in [1.82, 2.24) is 14.9 Å². The van der Waals surface area contributed by atoms with Crippen LogP contribution in [0.2, 0.25) is 0 Å². The Morgan fingerprint density at radius 3 is 3.16 bits per heavy atom. The first kappa shape index (κ1) is 20.4. The zero-order chi connectivity index (χ0) is 21.5. The minimum atomic E-state index is -0.959. The van der Waals surface area contributed by atoms with Gasteiger partial charge >= 0.3 is 0 Å². The van der Waals surface area contributed by atoms with Gasteiger partial charge in [0, 0.05) is 53.4 Å². The highest BCUT2D eigenvalue weighted by Crippen LogP contribution is 2.31. The SMILES string of the molecule is CC(O)c1c(F)ccc2[nH]c(C(=O)N3CCc4nc(NCC5CCOC5)sc4C3)cc12. The van der Waals surface area contributed by atoms with Crippen molar-refractivity contribution in [2.45, 2.75) is 32.4 Å². The van der Waals surface area contributed by atoms with Crippen LogP contribution in [-0.4, -0.2) is 52.2 Å². The molecule has 7 nitrogen and oxygen atoms in total. The number of aliphatic hydroxyl groups is 1. The predicted octanol–water partition coefficient (Wildman–Crippen LogP) is 3.46. The van der Waals surface area contributed by atoms with E-state index < -0.39 is 11.9 Å². The van der Waals surface area contributed by atoms with Gasteiger partial charge in [0.05, 0.1) is 24.9 Å². The Hall–Kier alpha value is -2.49. The van der Waals surface area contributed by atoms with Crippen LogP contribution in [0.4, 0.5) is 9.52 Å². The summed E-state index contributed by atoms with van der Waals surface area (Å²) in [7, 11) is 0. The Kier molecular flexibility index (Phi) is 5.41. The van der Waals surface area contributed by atoms with E-state index in [0.29, 0.717) is 42.0 Å². The largest absolute Gasteiger partial charge is 0.389 e. The van der Waals surface area contributed by atoms with Crippen LogP contribution >= 0.6 is 11.3 Å². The molecule has 2 aromatic heterocycles. The zero-order valence-electron chi connectivity index (χ0n) is 17.3. The molecule has 3 aromatic rings. The zero-order valence-corrected chi connectivity index (χ0v) is 18.1. The number of H-pyrrole nitrogens is 1. The van der Waals surface area contributed by atoms with E-state index in [1.54, 1.807) is 28.4 Å². The Bertz CT molecular complexity index is 1120.